The topological polar surface area (TPSA) is 117 Å². The van der Waals surface area contributed by atoms with E-state index in [0.29, 0.717) is 16.3 Å². The van der Waals surface area contributed by atoms with E-state index in [9.17, 15) is 18.0 Å². The Morgan fingerprint density at radius 3 is 2.28 bits per heavy atom. The molecule has 0 aliphatic heterocycles. The maximum Gasteiger partial charge on any atom is 0.265 e. The van der Waals surface area contributed by atoms with E-state index in [2.05, 4.69) is 20.3 Å². The van der Waals surface area contributed by atoms with Gasteiger partial charge in [-0.3, -0.25) is 14.3 Å². The monoisotopic (exact) mass is 484 g/mol. The summed E-state index contributed by atoms with van der Waals surface area (Å²) >= 11 is 2.47. The Morgan fingerprint density at radius 1 is 0.812 bits per heavy atom. The van der Waals surface area contributed by atoms with Crippen molar-refractivity contribution in [3.8, 4) is 0 Å². The molecule has 0 saturated carbocycles. The summed E-state index contributed by atoms with van der Waals surface area (Å²) in [4.78, 5) is 29.6. The Bertz CT molecular complexity index is 1330. The van der Waals surface area contributed by atoms with E-state index in [-0.39, 0.29) is 21.5 Å². The molecule has 0 aliphatic rings. The highest BCUT2D eigenvalue weighted by Gasteiger charge is 2.17. The molecule has 2 aromatic carbocycles. The van der Waals surface area contributed by atoms with E-state index in [1.54, 1.807) is 47.2 Å². The minimum absolute atomic E-state index is 0.0364. The molecule has 8 nitrogen and oxygen atoms in total. The fourth-order valence-electron chi connectivity index (χ4n) is 2.75. The Hall–Kier alpha value is -3.54. The number of thiazole rings is 1. The Kier molecular flexibility index (Phi) is 6.30. The number of carbonyl (C=O) groups is 2. The van der Waals surface area contributed by atoms with Crippen LogP contribution in [0.25, 0.3) is 0 Å². The minimum Gasteiger partial charge on any atom is -0.322 e. The van der Waals surface area contributed by atoms with E-state index in [4.69, 9.17) is 0 Å². The molecule has 0 radical (unpaired) electrons. The van der Waals surface area contributed by atoms with Crippen LogP contribution >= 0.6 is 22.7 Å². The van der Waals surface area contributed by atoms with Gasteiger partial charge in [-0.25, -0.2) is 13.4 Å². The Balaban J connectivity index is 1.47. The fraction of sp³-hybridized carbons (Fsp3) is 0. The first kappa shape index (κ1) is 21.7. The van der Waals surface area contributed by atoms with Gasteiger partial charge in [-0.1, -0.05) is 18.2 Å². The first-order valence-electron chi connectivity index (χ1n) is 9.20. The summed E-state index contributed by atoms with van der Waals surface area (Å²) in [6, 6.07) is 15.9. The van der Waals surface area contributed by atoms with Crippen LogP contribution in [0.15, 0.2) is 82.5 Å². The van der Waals surface area contributed by atoms with Crippen molar-refractivity contribution >= 4 is 61.0 Å². The average molecular weight is 485 g/mol. The number of carbonyl (C=O) groups excluding carboxylic acids is 2. The van der Waals surface area contributed by atoms with Crippen molar-refractivity contribution < 1.29 is 18.0 Å². The molecule has 11 heteroatoms. The van der Waals surface area contributed by atoms with Crippen molar-refractivity contribution in [1.82, 2.24) is 4.98 Å². The van der Waals surface area contributed by atoms with Crippen molar-refractivity contribution in [3.63, 3.8) is 0 Å². The number of amides is 2. The number of thiophene rings is 1. The highest BCUT2D eigenvalue weighted by atomic mass is 32.2. The lowest BCUT2D eigenvalue weighted by atomic mass is 10.1. The summed E-state index contributed by atoms with van der Waals surface area (Å²) in [6.45, 7) is 0. The number of aromatic nitrogens is 1. The van der Waals surface area contributed by atoms with Gasteiger partial charge in [0.15, 0.2) is 5.13 Å². The van der Waals surface area contributed by atoms with Gasteiger partial charge in [0.25, 0.3) is 21.8 Å². The smallest absolute Gasteiger partial charge is 0.265 e. The first-order chi connectivity index (χ1) is 15.4. The molecule has 2 aromatic heterocycles. The molecular formula is C21H16N4O4S3. The quantitative estimate of drug-likeness (QED) is 0.357. The third-order valence-electron chi connectivity index (χ3n) is 4.24. The van der Waals surface area contributed by atoms with Crippen LogP contribution in [0, 0.1) is 0 Å². The lowest BCUT2D eigenvalue weighted by Gasteiger charge is -2.11. The number of benzene rings is 2. The predicted molar refractivity (Wildman–Crippen MR) is 126 cm³/mol. The van der Waals surface area contributed by atoms with Crippen molar-refractivity contribution in [1.29, 1.82) is 0 Å². The van der Waals surface area contributed by atoms with Crippen LogP contribution in [0.1, 0.15) is 20.0 Å². The number of hydrogen-bond donors (Lipinski definition) is 3. The molecule has 3 N–H and O–H groups in total. The summed E-state index contributed by atoms with van der Waals surface area (Å²) in [7, 11) is -3.78. The van der Waals surface area contributed by atoms with Crippen LogP contribution in [0.4, 0.5) is 16.5 Å². The van der Waals surface area contributed by atoms with Crippen molar-refractivity contribution in [2.24, 2.45) is 0 Å². The number of rotatable bonds is 7. The number of sulfonamides is 1. The van der Waals surface area contributed by atoms with E-state index in [1.807, 2.05) is 0 Å². The molecule has 0 bridgehead atoms. The highest BCUT2D eigenvalue weighted by Crippen LogP contribution is 2.22. The minimum atomic E-state index is -3.78. The summed E-state index contributed by atoms with van der Waals surface area (Å²) in [6.07, 6.45) is 1.50. The number of anilines is 3. The molecule has 0 atom stereocenters. The summed E-state index contributed by atoms with van der Waals surface area (Å²) in [5.74, 6) is -0.744. The van der Waals surface area contributed by atoms with Gasteiger partial charge in [-0.2, -0.15) is 0 Å². The lowest BCUT2D eigenvalue weighted by molar-refractivity contribution is 0.102. The van der Waals surface area contributed by atoms with Gasteiger partial charge in [0.05, 0.1) is 21.0 Å². The van der Waals surface area contributed by atoms with Crippen LogP contribution in [0.2, 0.25) is 0 Å². The first-order valence-corrected chi connectivity index (χ1v) is 12.4. The molecular weight excluding hydrogens is 468 g/mol. The normalized spacial score (nSPS) is 11.0. The maximum atomic E-state index is 12.8. The number of hydrogen-bond acceptors (Lipinski definition) is 7. The molecule has 4 rings (SSSR count). The molecule has 0 aliphatic carbocycles. The highest BCUT2D eigenvalue weighted by molar-refractivity contribution is 7.93. The van der Waals surface area contributed by atoms with E-state index in [1.165, 1.54) is 53.1 Å². The molecule has 2 heterocycles. The fourth-order valence-corrected chi connectivity index (χ4v) is 5.15. The third-order valence-corrected chi connectivity index (χ3v) is 7.28. The second-order valence-corrected chi connectivity index (χ2v) is 9.92. The van der Waals surface area contributed by atoms with Gasteiger partial charge < -0.3 is 10.6 Å². The Morgan fingerprint density at radius 2 is 1.59 bits per heavy atom. The maximum absolute atomic E-state index is 12.8. The summed E-state index contributed by atoms with van der Waals surface area (Å²) in [5.41, 5.74) is 1.05. The Labute approximate surface area is 192 Å². The zero-order chi connectivity index (χ0) is 22.6. The van der Waals surface area contributed by atoms with Gasteiger partial charge in [0, 0.05) is 17.3 Å². The van der Waals surface area contributed by atoms with Gasteiger partial charge in [0.1, 0.15) is 0 Å². The molecule has 162 valence electrons. The zero-order valence-electron chi connectivity index (χ0n) is 16.3. The summed E-state index contributed by atoms with van der Waals surface area (Å²) in [5, 5.41) is 9.19. The van der Waals surface area contributed by atoms with Crippen LogP contribution in [-0.4, -0.2) is 25.2 Å². The van der Waals surface area contributed by atoms with Crippen LogP contribution in [0.5, 0.6) is 0 Å². The molecule has 0 fully saturated rings. The van der Waals surface area contributed by atoms with Crippen LogP contribution in [-0.2, 0) is 10.0 Å². The van der Waals surface area contributed by atoms with Gasteiger partial charge in [0.2, 0.25) is 0 Å². The van der Waals surface area contributed by atoms with E-state index < -0.39 is 15.9 Å². The second-order valence-electron chi connectivity index (χ2n) is 6.40. The van der Waals surface area contributed by atoms with Crippen LogP contribution < -0.4 is 15.4 Å². The van der Waals surface area contributed by atoms with Crippen LogP contribution in [0.3, 0.4) is 0 Å². The number of nitrogens with one attached hydrogen (secondary N) is 3. The largest absolute Gasteiger partial charge is 0.322 e. The summed E-state index contributed by atoms with van der Waals surface area (Å²) < 4.78 is 27.2. The molecule has 0 saturated heterocycles. The van der Waals surface area contributed by atoms with Crippen molar-refractivity contribution in [3.05, 3.63) is 88.1 Å². The molecule has 2 amide bonds. The second kappa shape index (κ2) is 9.30. The molecule has 32 heavy (non-hydrogen) atoms. The zero-order valence-corrected chi connectivity index (χ0v) is 18.8. The van der Waals surface area contributed by atoms with Gasteiger partial charge in [-0.15, -0.1) is 22.7 Å². The van der Waals surface area contributed by atoms with Crippen molar-refractivity contribution in [2.45, 2.75) is 4.90 Å². The lowest BCUT2D eigenvalue weighted by Crippen LogP contribution is -2.18. The average Bonchev–Trinajstić information content (AvgIpc) is 3.48. The van der Waals surface area contributed by atoms with Crippen molar-refractivity contribution in [2.75, 3.05) is 15.4 Å². The molecule has 0 unspecified atom stereocenters. The SMILES string of the molecule is O=C(Nc1ccccc1C(=O)Nc1ccc(S(=O)(=O)Nc2nccs2)cc1)c1cccs1. The van der Waals surface area contributed by atoms with E-state index >= 15 is 0 Å². The molecule has 4 aromatic rings. The predicted octanol–water partition coefficient (Wildman–Crippen LogP) is 4.51. The standard InChI is InChI=1S/C21H16N4O4S3/c26-19(16-4-1-2-5-17(16)24-20(27)18-6-3-12-30-18)23-14-7-9-15(10-8-14)32(28,29)25-21-22-11-13-31-21/h1-13H,(H,22,25)(H,23,26)(H,24,27). The van der Waals surface area contributed by atoms with Gasteiger partial charge in [-0.05, 0) is 47.8 Å². The molecule has 0 spiro atoms. The third kappa shape index (κ3) is 5.02. The van der Waals surface area contributed by atoms with E-state index in [0.717, 1.165) is 0 Å². The number of para-hydroxylation sites is 1. The van der Waals surface area contributed by atoms with Gasteiger partial charge >= 0.3 is 0 Å². The number of nitrogens with zero attached hydrogens (tertiary/aromatic N) is 1.